The SMILES string of the molecule is Cc1ccc(S(=O)(=O)n2c3c(c4cc(-c5ccccc5)ccc42)[C@@H](N[S@+]([O-])C(C)(C)C)CCC3)cc1. The molecule has 4 aromatic rings. The van der Waals surface area contributed by atoms with E-state index in [0.717, 1.165) is 46.2 Å². The third-order valence-electron chi connectivity index (χ3n) is 6.79. The summed E-state index contributed by atoms with van der Waals surface area (Å²) in [7, 11) is -3.83. The highest BCUT2D eigenvalue weighted by Gasteiger charge is 2.37. The minimum Gasteiger partial charge on any atom is -0.598 e. The summed E-state index contributed by atoms with van der Waals surface area (Å²) >= 11 is -1.29. The lowest BCUT2D eigenvalue weighted by molar-refractivity contribution is 0.488. The molecule has 5 rings (SSSR count). The van der Waals surface area contributed by atoms with Crippen molar-refractivity contribution in [3.63, 3.8) is 0 Å². The molecule has 0 saturated heterocycles. The molecular weight excluding hydrogens is 488 g/mol. The quantitative estimate of drug-likeness (QED) is 0.314. The molecule has 0 fully saturated rings. The van der Waals surface area contributed by atoms with Gasteiger partial charge < -0.3 is 4.55 Å². The van der Waals surface area contributed by atoms with Crippen LogP contribution in [-0.4, -0.2) is 21.7 Å². The zero-order valence-corrected chi connectivity index (χ0v) is 22.7. The second-order valence-corrected chi connectivity index (χ2v) is 14.3. The Labute approximate surface area is 216 Å². The first-order valence-corrected chi connectivity index (χ1v) is 14.9. The van der Waals surface area contributed by atoms with Gasteiger partial charge in [0, 0.05) is 28.0 Å². The smallest absolute Gasteiger partial charge is 0.268 e. The molecule has 3 aromatic carbocycles. The fraction of sp³-hybridized carbons (Fsp3) is 0.310. The molecule has 1 aliphatic carbocycles. The minimum atomic E-state index is -3.83. The second kappa shape index (κ2) is 9.38. The second-order valence-electron chi connectivity index (χ2n) is 10.5. The van der Waals surface area contributed by atoms with Crippen LogP contribution in [0.4, 0.5) is 0 Å². The molecular formula is C29H32N2O3S2. The van der Waals surface area contributed by atoms with Crippen molar-refractivity contribution in [3.8, 4) is 11.1 Å². The van der Waals surface area contributed by atoms with E-state index in [4.69, 9.17) is 0 Å². The Morgan fingerprint density at radius 3 is 2.33 bits per heavy atom. The summed E-state index contributed by atoms with van der Waals surface area (Å²) < 4.78 is 45.6. The first kappa shape index (κ1) is 25.1. The first-order chi connectivity index (χ1) is 17.1. The Morgan fingerprint density at radius 1 is 0.972 bits per heavy atom. The predicted octanol–water partition coefficient (Wildman–Crippen LogP) is 6.28. The van der Waals surface area contributed by atoms with Crippen molar-refractivity contribution in [1.29, 1.82) is 0 Å². The highest BCUT2D eigenvalue weighted by atomic mass is 32.2. The van der Waals surface area contributed by atoms with Crippen molar-refractivity contribution in [3.05, 3.63) is 89.6 Å². The number of hydrogen-bond acceptors (Lipinski definition) is 4. The number of benzene rings is 3. The lowest BCUT2D eigenvalue weighted by Gasteiger charge is -2.30. The van der Waals surface area contributed by atoms with Crippen molar-refractivity contribution in [2.45, 2.75) is 62.6 Å². The van der Waals surface area contributed by atoms with Crippen molar-refractivity contribution in [1.82, 2.24) is 8.69 Å². The Morgan fingerprint density at radius 2 is 1.67 bits per heavy atom. The normalized spacial score (nSPS) is 17.2. The molecule has 7 heteroatoms. The number of aryl methyl sites for hydroxylation is 1. The molecule has 1 N–H and O–H groups in total. The lowest BCUT2D eigenvalue weighted by Crippen LogP contribution is -2.42. The monoisotopic (exact) mass is 520 g/mol. The third-order valence-corrected chi connectivity index (χ3v) is 10.2. The summed E-state index contributed by atoms with van der Waals surface area (Å²) in [6.45, 7) is 7.77. The number of rotatable bonds is 5. The van der Waals surface area contributed by atoms with Crippen LogP contribution in [0.2, 0.25) is 0 Å². The van der Waals surface area contributed by atoms with Crippen molar-refractivity contribution >= 4 is 32.3 Å². The Kier molecular flexibility index (Phi) is 6.53. The molecule has 0 radical (unpaired) electrons. The Balaban J connectivity index is 1.75. The van der Waals surface area contributed by atoms with Crippen LogP contribution in [0.1, 0.15) is 56.5 Å². The van der Waals surface area contributed by atoms with Crippen LogP contribution >= 0.6 is 0 Å². The average Bonchev–Trinajstić information content (AvgIpc) is 3.19. The number of hydrogen-bond donors (Lipinski definition) is 1. The molecule has 188 valence electrons. The van der Waals surface area contributed by atoms with Gasteiger partial charge >= 0.3 is 0 Å². The van der Waals surface area contributed by atoms with E-state index in [1.54, 1.807) is 12.1 Å². The number of fused-ring (bicyclic) bond motifs is 3. The summed E-state index contributed by atoms with van der Waals surface area (Å²) in [6.07, 6.45) is 2.27. The fourth-order valence-electron chi connectivity index (χ4n) is 4.91. The van der Waals surface area contributed by atoms with Gasteiger partial charge in [-0.05, 0) is 82.3 Å². The van der Waals surface area contributed by atoms with Crippen LogP contribution in [0.25, 0.3) is 22.0 Å². The topological polar surface area (TPSA) is 74.2 Å². The van der Waals surface area contributed by atoms with Gasteiger partial charge in [0.15, 0.2) is 0 Å². The van der Waals surface area contributed by atoms with Crippen LogP contribution in [0, 0.1) is 6.92 Å². The molecule has 1 aromatic heterocycles. The summed E-state index contributed by atoms with van der Waals surface area (Å²) in [4.78, 5) is 0.272. The van der Waals surface area contributed by atoms with Crippen LogP contribution in [0.3, 0.4) is 0 Å². The predicted molar refractivity (Wildman–Crippen MR) is 148 cm³/mol. The third kappa shape index (κ3) is 4.50. The van der Waals surface area contributed by atoms with E-state index in [0.29, 0.717) is 11.9 Å². The number of aromatic nitrogens is 1. The summed E-state index contributed by atoms with van der Waals surface area (Å²) in [5, 5.41) is 0.894. The highest BCUT2D eigenvalue weighted by molar-refractivity contribution is 7.91. The van der Waals surface area contributed by atoms with E-state index in [2.05, 4.69) is 22.9 Å². The van der Waals surface area contributed by atoms with Gasteiger partial charge in [-0.3, -0.25) is 0 Å². The molecule has 36 heavy (non-hydrogen) atoms. The number of nitrogens with zero attached hydrogens (tertiary/aromatic N) is 1. The maximum absolute atomic E-state index is 14.0. The summed E-state index contributed by atoms with van der Waals surface area (Å²) in [6, 6.07) is 22.9. The van der Waals surface area contributed by atoms with Crippen molar-refractivity contribution in [2.75, 3.05) is 0 Å². The van der Waals surface area contributed by atoms with Gasteiger partial charge in [0.1, 0.15) is 4.75 Å². The maximum atomic E-state index is 14.0. The molecule has 0 bridgehead atoms. The summed E-state index contributed by atoms with van der Waals surface area (Å²) in [5.41, 5.74) is 5.50. The van der Waals surface area contributed by atoms with Gasteiger partial charge in [0.25, 0.3) is 10.0 Å². The zero-order chi connectivity index (χ0) is 25.7. The Hall–Kier alpha value is -2.58. The van der Waals surface area contributed by atoms with Gasteiger partial charge in [-0.1, -0.05) is 54.1 Å². The number of nitrogens with one attached hydrogen (secondary N) is 1. The van der Waals surface area contributed by atoms with Crippen molar-refractivity contribution in [2.24, 2.45) is 0 Å². The molecule has 5 nitrogen and oxygen atoms in total. The molecule has 1 heterocycles. The summed E-state index contributed by atoms with van der Waals surface area (Å²) in [5.74, 6) is 0. The molecule has 0 amide bonds. The van der Waals surface area contributed by atoms with Crippen molar-refractivity contribution < 1.29 is 13.0 Å². The minimum absolute atomic E-state index is 0.197. The lowest BCUT2D eigenvalue weighted by atomic mass is 9.90. The highest BCUT2D eigenvalue weighted by Crippen LogP contribution is 2.42. The van der Waals surface area contributed by atoms with Gasteiger partial charge in [-0.2, -0.15) is 0 Å². The van der Waals surface area contributed by atoms with Crippen LogP contribution < -0.4 is 4.72 Å². The van der Waals surface area contributed by atoms with E-state index in [1.165, 1.54) is 3.97 Å². The molecule has 2 atom stereocenters. The van der Waals surface area contributed by atoms with Crippen LogP contribution in [-0.2, 0) is 27.8 Å². The Bertz CT molecular complexity index is 1500. The molecule has 0 aliphatic heterocycles. The van der Waals surface area contributed by atoms with Gasteiger partial charge in [0.05, 0.1) is 16.5 Å². The molecule has 0 saturated carbocycles. The molecule has 0 spiro atoms. The fourth-order valence-corrected chi connectivity index (χ4v) is 7.34. The van der Waals surface area contributed by atoms with E-state index >= 15 is 0 Å². The zero-order valence-electron chi connectivity index (χ0n) is 21.1. The molecule has 1 aliphatic rings. The van der Waals surface area contributed by atoms with Gasteiger partial charge in [-0.15, -0.1) is 4.72 Å². The largest absolute Gasteiger partial charge is 0.598 e. The van der Waals surface area contributed by atoms with Gasteiger partial charge in [-0.25, -0.2) is 12.4 Å². The van der Waals surface area contributed by atoms with E-state index in [9.17, 15) is 13.0 Å². The first-order valence-electron chi connectivity index (χ1n) is 12.3. The molecule has 0 unspecified atom stereocenters. The van der Waals surface area contributed by atoms with Crippen LogP contribution in [0.15, 0.2) is 77.7 Å². The van der Waals surface area contributed by atoms with Gasteiger partial charge in [0.2, 0.25) is 0 Å². The van der Waals surface area contributed by atoms with E-state index in [1.807, 2.05) is 70.2 Å². The van der Waals surface area contributed by atoms with E-state index < -0.39 is 26.1 Å². The standard InChI is InChI=1S/C29H32N2O3S2/c1-20-13-16-23(17-14-20)36(33,34)31-26-18-15-22(21-9-6-5-7-10-21)19-24(26)28-25(11-8-12-27(28)31)30-35(32)29(2,3)4/h5-7,9-10,13-19,25,30H,8,11-12H2,1-4H3/t25-,35+/m0/s1. The average molecular weight is 521 g/mol. The van der Waals surface area contributed by atoms with E-state index in [-0.39, 0.29) is 10.9 Å². The van der Waals surface area contributed by atoms with Crippen LogP contribution in [0.5, 0.6) is 0 Å². The maximum Gasteiger partial charge on any atom is 0.268 e.